The van der Waals surface area contributed by atoms with Gasteiger partial charge in [0.2, 0.25) is 5.91 Å². The van der Waals surface area contributed by atoms with E-state index in [4.69, 9.17) is 0 Å². The van der Waals surface area contributed by atoms with E-state index >= 15 is 0 Å². The molecule has 2 nitrogen and oxygen atoms in total. The van der Waals surface area contributed by atoms with Crippen LogP contribution in [0.4, 0.5) is 0 Å². The van der Waals surface area contributed by atoms with Crippen LogP contribution in [0.1, 0.15) is 18.1 Å². The first-order valence-electron chi connectivity index (χ1n) is 4.91. The highest BCUT2D eigenvalue weighted by Gasteiger charge is 2.05. The molecule has 1 aromatic rings. The zero-order valence-electron chi connectivity index (χ0n) is 9.08. The van der Waals surface area contributed by atoms with Gasteiger partial charge in [0.05, 0.1) is 6.42 Å². The monoisotopic (exact) mass is 191 g/mol. The Morgan fingerprint density at radius 3 is 2.50 bits per heavy atom. The van der Waals surface area contributed by atoms with Crippen molar-refractivity contribution in [2.45, 2.75) is 19.8 Å². The summed E-state index contributed by atoms with van der Waals surface area (Å²) in [6.07, 6.45) is 1.52. The number of amides is 1. The predicted octanol–water partition coefficient (Wildman–Crippen LogP) is 1.88. The molecule has 0 atom stereocenters. The van der Waals surface area contributed by atoms with E-state index in [9.17, 15) is 4.79 Å². The van der Waals surface area contributed by atoms with E-state index in [-0.39, 0.29) is 5.91 Å². The van der Waals surface area contributed by atoms with E-state index in [1.54, 1.807) is 19.0 Å². The Labute approximate surface area is 85.5 Å². The van der Waals surface area contributed by atoms with Crippen LogP contribution in [-0.4, -0.2) is 24.9 Å². The van der Waals surface area contributed by atoms with Crippen LogP contribution in [0, 0.1) is 0 Å². The van der Waals surface area contributed by atoms with Crippen LogP contribution >= 0.6 is 0 Å². The van der Waals surface area contributed by atoms with E-state index in [1.165, 1.54) is 5.56 Å². The molecule has 0 radical (unpaired) electrons. The zero-order chi connectivity index (χ0) is 10.6. The van der Waals surface area contributed by atoms with Crippen LogP contribution in [0.5, 0.6) is 0 Å². The van der Waals surface area contributed by atoms with Crippen molar-refractivity contribution in [2.24, 2.45) is 0 Å². The van der Waals surface area contributed by atoms with Crippen LogP contribution in [0.3, 0.4) is 0 Å². The molecule has 0 bridgehead atoms. The van der Waals surface area contributed by atoms with Gasteiger partial charge >= 0.3 is 0 Å². The summed E-state index contributed by atoms with van der Waals surface area (Å²) in [7, 11) is 3.57. The number of carbonyl (C=O) groups is 1. The minimum atomic E-state index is 0.151. The number of nitrogens with zero attached hydrogens (tertiary/aromatic N) is 1. The molecule has 1 aromatic carbocycles. The lowest BCUT2D eigenvalue weighted by molar-refractivity contribution is -0.127. The second-order valence-electron chi connectivity index (χ2n) is 3.64. The van der Waals surface area contributed by atoms with Crippen molar-refractivity contribution >= 4 is 5.91 Å². The first kappa shape index (κ1) is 10.8. The zero-order valence-corrected chi connectivity index (χ0v) is 9.08. The molecule has 0 spiro atoms. The number of likely N-dealkylation sites (N-methyl/N-ethyl adjacent to an activating group) is 1. The SMILES string of the molecule is CCc1cccc(CC(=O)N(C)C)c1. The van der Waals surface area contributed by atoms with E-state index in [2.05, 4.69) is 19.1 Å². The van der Waals surface area contributed by atoms with E-state index in [0.29, 0.717) is 6.42 Å². The average Bonchev–Trinajstić information content (AvgIpc) is 2.18. The van der Waals surface area contributed by atoms with Crippen molar-refractivity contribution in [2.75, 3.05) is 14.1 Å². The van der Waals surface area contributed by atoms with E-state index in [0.717, 1.165) is 12.0 Å². The highest BCUT2D eigenvalue weighted by atomic mass is 16.2. The van der Waals surface area contributed by atoms with Gasteiger partial charge in [-0.1, -0.05) is 31.2 Å². The van der Waals surface area contributed by atoms with Crippen molar-refractivity contribution < 1.29 is 4.79 Å². The molecular formula is C12H17NO. The van der Waals surface area contributed by atoms with Crippen LogP contribution in [0.2, 0.25) is 0 Å². The second-order valence-corrected chi connectivity index (χ2v) is 3.64. The summed E-state index contributed by atoms with van der Waals surface area (Å²) >= 11 is 0. The molecule has 0 saturated heterocycles. The highest BCUT2D eigenvalue weighted by molar-refractivity contribution is 5.78. The number of hydrogen-bond acceptors (Lipinski definition) is 1. The van der Waals surface area contributed by atoms with E-state index in [1.807, 2.05) is 12.1 Å². The number of aryl methyl sites for hydroxylation is 1. The van der Waals surface area contributed by atoms with Gasteiger partial charge in [-0.15, -0.1) is 0 Å². The normalized spacial score (nSPS) is 9.93. The third-order valence-electron chi connectivity index (χ3n) is 2.25. The standard InChI is InChI=1S/C12H17NO/c1-4-10-6-5-7-11(8-10)9-12(14)13(2)3/h5-8H,4,9H2,1-3H3. The molecular weight excluding hydrogens is 174 g/mol. The maximum Gasteiger partial charge on any atom is 0.226 e. The van der Waals surface area contributed by atoms with Gasteiger partial charge in [-0.25, -0.2) is 0 Å². The van der Waals surface area contributed by atoms with E-state index < -0.39 is 0 Å². The van der Waals surface area contributed by atoms with Crippen LogP contribution in [0.15, 0.2) is 24.3 Å². The molecule has 0 aliphatic heterocycles. The van der Waals surface area contributed by atoms with Gasteiger partial charge in [0.1, 0.15) is 0 Å². The molecule has 14 heavy (non-hydrogen) atoms. The fourth-order valence-electron chi connectivity index (χ4n) is 1.29. The number of carbonyl (C=O) groups excluding carboxylic acids is 1. The molecule has 0 aliphatic carbocycles. The Hall–Kier alpha value is -1.31. The lowest BCUT2D eigenvalue weighted by atomic mass is 10.1. The molecule has 2 heteroatoms. The summed E-state index contributed by atoms with van der Waals surface area (Å²) in [5.41, 5.74) is 2.39. The Morgan fingerprint density at radius 1 is 1.29 bits per heavy atom. The molecule has 0 N–H and O–H groups in total. The average molecular weight is 191 g/mol. The predicted molar refractivity (Wildman–Crippen MR) is 58.2 cm³/mol. The summed E-state index contributed by atoms with van der Waals surface area (Å²) < 4.78 is 0. The maximum absolute atomic E-state index is 11.4. The van der Waals surface area contributed by atoms with Gasteiger partial charge in [0, 0.05) is 14.1 Å². The van der Waals surface area contributed by atoms with Gasteiger partial charge in [-0.3, -0.25) is 4.79 Å². The molecule has 0 heterocycles. The second kappa shape index (κ2) is 4.80. The fraction of sp³-hybridized carbons (Fsp3) is 0.417. The number of benzene rings is 1. The Kier molecular flexibility index (Phi) is 3.69. The molecule has 0 fully saturated rings. The Morgan fingerprint density at radius 2 is 1.93 bits per heavy atom. The first-order chi connectivity index (χ1) is 6.63. The highest BCUT2D eigenvalue weighted by Crippen LogP contribution is 2.07. The molecule has 0 unspecified atom stereocenters. The summed E-state index contributed by atoms with van der Waals surface area (Å²) in [4.78, 5) is 13.1. The number of rotatable bonds is 3. The first-order valence-corrected chi connectivity index (χ1v) is 4.91. The largest absolute Gasteiger partial charge is 0.349 e. The molecule has 1 rings (SSSR count). The fourth-order valence-corrected chi connectivity index (χ4v) is 1.29. The lowest BCUT2D eigenvalue weighted by Crippen LogP contribution is -2.23. The van der Waals surface area contributed by atoms with Gasteiger partial charge in [-0.05, 0) is 17.5 Å². The molecule has 0 saturated carbocycles. The Bertz CT molecular complexity index is 318. The van der Waals surface area contributed by atoms with Gasteiger partial charge in [-0.2, -0.15) is 0 Å². The maximum atomic E-state index is 11.4. The summed E-state index contributed by atoms with van der Waals surface area (Å²) in [5, 5.41) is 0. The quantitative estimate of drug-likeness (QED) is 0.714. The topological polar surface area (TPSA) is 20.3 Å². The van der Waals surface area contributed by atoms with Crippen molar-refractivity contribution in [1.29, 1.82) is 0 Å². The molecule has 0 aromatic heterocycles. The van der Waals surface area contributed by atoms with Gasteiger partial charge in [0.15, 0.2) is 0 Å². The van der Waals surface area contributed by atoms with Gasteiger partial charge < -0.3 is 4.90 Å². The summed E-state index contributed by atoms with van der Waals surface area (Å²) in [5.74, 6) is 0.151. The smallest absolute Gasteiger partial charge is 0.226 e. The van der Waals surface area contributed by atoms with Crippen LogP contribution < -0.4 is 0 Å². The minimum Gasteiger partial charge on any atom is -0.349 e. The summed E-state index contributed by atoms with van der Waals surface area (Å²) in [6, 6.07) is 8.20. The van der Waals surface area contributed by atoms with Crippen molar-refractivity contribution in [3.8, 4) is 0 Å². The third-order valence-corrected chi connectivity index (χ3v) is 2.25. The summed E-state index contributed by atoms with van der Waals surface area (Å²) in [6.45, 7) is 2.12. The lowest BCUT2D eigenvalue weighted by Gasteiger charge is -2.10. The van der Waals surface area contributed by atoms with Crippen LogP contribution in [-0.2, 0) is 17.6 Å². The molecule has 1 amide bonds. The van der Waals surface area contributed by atoms with Gasteiger partial charge in [0.25, 0.3) is 0 Å². The minimum absolute atomic E-state index is 0.151. The van der Waals surface area contributed by atoms with Crippen molar-refractivity contribution in [1.82, 2.24) is 4.90 Å². The van der Waals surface area contributed by atoms with Crippen molar-refractivity contribution in [3.63, 3.8) is 0 Å². The van der Waals surface area contributed by atoms with Crippen molar-refractivity contribution in [3.05, 3.63) is 35.4 Å². The number of hydrogen-bond donors (Lipinski definition) is 0. The Balaban J connectivity index is 2.72. The molecule has 0 aliphatic rings. The third kappa shape index (κ3) is 2.87. The van der Waals surface area contributed by atoms with Crippen LogP contribution in [0.25, 0.3) is 0 Å². The molecule has 76 valence electrons.